The van der Waals surface area contributed by atoms with E-state index in [2.05, 4.69) is 24.0 Å². The van der Waals surface area contributed by atoms with E-state index in [1.807, 2.05) is 4.68 Å². The highest BCUT2D eigenvalue weighted by molar-refractivity contribution is 5.29. The molecule has 0 aromatic carbocycles. The van der Waals surface area contributed by atoms with Crippen LogP contribution in [0, 0.1) is 5.92 Å². The molecular formula is C15H26N4O. The Bertz CT molecular complexity index is 437. The third-order valence-electron chi connectivity index (χ3n) is 5.32. The number of hydrogen-bond donors (Lipinski definition) is 1. The minimum absolute atomic E-state index is 0.0317. The van der Waals surface area contributed by atoms with Crippen molar-refractivity contribution in [3.8, 4) is 5.75 Å². The monoisotopic (exact) mass is 278 g/mol. The predicted octanol–water partition coefficient (Wildman–Crippen LogP) is 1.78. The Hall–Kier alpha value is -1.07. The largest absolute Gasteiger partial charge is 0.493 e. The van der Waals surface area contributed by atoms with E-state index in [-0.39, 0.29) is 6.04 Å². The van der Waals surface area contributed by atoms with Gasteiger partial charge in [-0.05, 0) is 45.6 Å². The highest BCUT2D eigenvalue weighted by Crippen LogP contribution is 2.43. The van der Waals surface area contributed by atoms with Crippen LogP contribution in [-0.2, 0) is 6.54 Å². The average molecular weight is 278 g/mol. The molecular weight excluding hydrogens is 252 g/mol. The Morgan fingerprint density at radius 3 is 2.60 bits per heavy atom. The first kappa shape index (κ1) is 13.9. The third-order valence-corrected chi connectivity index (χ3v) is 5.32. The van der Waals surface area contributed by atoms with Crippen molar-refractivity contribution in [1.82, 2.24) is 14.7 Å². The van der Waals surface area contributed by atoms with Crippen molar-refractivity contribution in [2.24, 2.45) is 11.7 Å². The standard InChI is InChI=1S/C15H26N4O/c1-4-19-15(13(20-3)9-17-19)14(16)10-7-11-5-6-12(8-10)18(11)2/h9-12,14H,4-8,16H2,1-3H3. The SMILES string of the molecule is CCn1ncc(OC)c1C(N)C1CC2CCC(C1)N2C. The van der Waals surface area contributed by atoms with E-state index in [9.17, 15) is 0 Å². The molecule has 1 aromatic rings. The van der Waals surface area contributed by atoms with Gasteiger partial charge in [0.1, 0.15) is 0 Å². The van der Waals surface area contributed by atoms with Gasteiger partial charge in [0.15, 0.2) is 5.75 Å². The molecule has 112 valence electrons. The van der Waals surface area contributed by atoms with Crippen LogP contribution in [0.25, 0.3) is 0 Å². The molecule has 20 heavy (non-hydrogen) atoms. The Balaban J connectivity index is 1.83. The van der Waals surface area contributed by atoms with Crippen molar-refractivity contribution in [3.63, 3.8) is 0 Å². The van der Waals surface area contributed by atoms with E-state index < -0.39 is 0 Å². The maximum absolute atomic E-state index is 6.61. The Morgan fingerprint density at radius 2 is 2.05 bits per heavy atom. The minimum atomic E-state index is 0.0317. The fourth-order valence-electron chi connectivity index (χ4n) is 4.09. The second-order valence-corrected chi connectivity index (χ2v) is 6.22. The van der Waals surface area contributed by atoms with Gasteiger partial charge in [-0.2, -0.15) is 5.10 Å². The highest BCUT2D eigenvalue weighted by atomic mass is 16.5. The summed E-state index contributed by atoms with van der Waals surface area (Å²) in [4.78, 5) is 2.55. The number of rotatable bonds is 4. The molecule has 1 aromatic heterocycles. The molecule has 2 aliphatic heterocycles. The van der Waals surface area contributed by atoms with Gasteiger partial charge in [-0.3, -0.25) is 4.68 Å². The van der Waals surface area contributed by atoms with Crippen molar-refractivity contribution < 1.29 is 4.74 Å². The second kappa shape index (κ2) is 5.37. The maximum Gasteiger partial charge on any atom is 0.161 e. The quantitative estimate of drug-likeness (QED) is 0.912. The van der Waals surface area contributed by atoms with Crippen LogP contribution in [-0.4, -0.2) is 40.9 Å². The van der Waals surface area contributed by atoms with Crippen molar-refractivity contribution in [3.05, 3.63) is 11.9 Å². The topological polar surface area (TPSA) is 56.3 Å². The second-order valence-electron chi connectivity index (χ2n) is 6.22. The van der Waals surface area contributed by atoms with Crippen LogP contribution in [0.5, 0.6) is 5.75 Å². The number of nitrogens with two attached hydrogens (primary N) is 1. The lowest BCUT2D eigenvalue weighted by molar-refractivity contribution is 0.118. The lowest BCUT2D eigenvalue weighted by Gasteiger charge is -2.38. The van der Waals surface area contributed by atoms with E-state index in [0.717, 1.165) is 18.0 Å². The summed E-state index contributed by atoms with van der Waals surface area (Å²) < 4.78 is 7.45. The van der Waals surface area contributed by atoms with E-state index >= 15 is 0 Å². The molecule has 5 heteroatoms. The van der Waals surface area contributed by atoms with Crippen molar-refractivity contribution in [1.29, 1.82) is 0 Å². The van der Waals surface area contributed by atoms with Crippen LogP contribution >= 0.6 is 0 Å². The van der Waals surface area contributed by atoms with Gasteiger partial charge in [0, 0.05) is 18.6 Å². The van der Waals surface area contributed by atoms with Crippen LogP contribution in [0.1, 0.15) is 44.3 Å². The van der Waals surface area contributed by atoms with Gasteiger partial charge in [0.25, 0.3) is 0 Å². The van der Waals surface area contributed by atoms with Gasteiger partial charge in [-0.15, -0.1) is 0 Å². The van der Waals surface area contributed by atoms with Gasteiger partial charge in [0.2, 0.25) is 0 Å². The molecule has 2 saturated heterocycles. The fraction of sp³-hybridized carbons (Fsp3) is 0.800. The molecule has 0 spiro atoms. The first-order valence-corrected chi connectivity index (χ1v) is 7.72. The zero-order valence-electron chi connectivity index (χ0n) is 12.7. The Kier molecular flexibility index (Phi) is 3.73. The number of aryl methyl sites for hydroxylation is 1. The van der Waals surface area contributed by atoms with E-state index in [0.29, 0.717) is 18.0 Å². The molecule has 3 rings (SSSR count). The zero-order valence-corrected chi connectivity index (χ0v) is 12.7. The van der Waals surface area contributed by atoms with E-state index in [4.69, 9.17) is 10.5 Å². The van der Waals surface area contributed by atoms with Crippen LogP contribution in [0.4, 0.5) is 0 Å². The van der Waals surface area contributed by atoms with Gasteiger partial charge >= 0.3 is 0 Å². The first-order chi connectivity index (χ1) is 9.65. The molecule has 0 amide bonds. The van der Waals surface area contributed by atoms with Crippen molar-refractivity contribution >= 4 is 0 Å². The zero-order chi connectivity index (χ0) is 14.3. The predicted molar refractivity (Wildman–Crippen MR) is 78.7 cm³/mol. The summed E-state index contributed by atoms with van der Waals surface area (Å²) >= 11 is 0. The van der Waals surface area contributed by atoms with Crippen LogP contribution in [0.2, 0.25) is 0 Å². The molecule has 2 bridgehead atoms. The lowest BCUT2D eigenvalue weighted by Crippen LogP contribution is -2.43. The molecule has 3 heterocycles. The molecule has 2 fully saturated rings. The third kappa shape index (κ3) is 2.13. The van der Waals surface area contributed by atoms with Crippen molar-refractivity contribution in [2.45, 2.75) is 57.3 Å². The number of ether oxygens (including phenoxy) is 1. The molecule has 3 atom stereocenters. The minimum Gasteiger partial charge on any atom is -0.493 e. The normalized spacial score (nSPS) is 31.5. The first-order valence-electron chi connectivity index (χ1n) is 7.72. The van der Waals surface area contributed by atoms with Gasteiger partial charge in [0.05, 0.1) is 25.0 Å². The van der Waals surface area contributed by atoms with Crippen LogP contribution in [0.15, 0.2) is 6.20 Å². The highest BCUT2D eigenvalue weighted by Gasteiger charge is 2.41. The van der Waals surface area contributed by atoms with Gasteiger partial charge in [-0.1, -0.05) is 0 Å². The summed E-state index contributed by atoms with van der Waals surface area (Å²) in [6.07, 6.45) is 6.85. The number of piperidine rings is 1. The Labute approximate surface area is 121 Å². The molecule has 0 aliphatic carbocycles. The number of fused-ring (bicyclic) bond motifs is 2. The summed E-state index contributed by atoms with van der Waals surface area (Å²) in [6.45, 7) is 2.94. The summed E-state index contributed by atoms with van der Waals surface area (Å²) in [6, 6.07) is 1.46. The summed E-state index contributed by atoms with van der Waals surface area (Å²) in [5.41, 5.74) is 7.68. The molecule has 2 N–H and O–H groups in total. The maximum atomic E-state index is 6.61. The Morgan fingerprint density at radius 1 is 1.40 bits per heavy atom. The summed E-state index contributed by atoms with van der Waals surface area (Å²) in [5, 5.41) is 4.39. The summed E-state index contributed by atoms with van der Waals surface area (Å²) in [5.74, 6) is 1.38. The van der Waals surface area contributed by atoms with Gasteiger partial charge in [-0.25, -0.2) is 0 Å². The number of nitrogens with zero attached hydrogens (tertiary/aromatic N) is 3. The molecule has 2 aliphatic rings. The van der Waals surface area contributed by atoms with E-state index in [1.165, 1.54) is 25.7 Å². The van der Waals surface area contributed by atoms with Crippen LogP contribution < -0.4 is 10.5 Å². The lowest BCUT2D eigenvalue weighted by atomic mass is 9.84. The number of methoxy groups -OCH3 is 1. The summed E-state index contributed by atoms with van der Waals surface area (Å²) in [7, 11) is 3.96. The number of hydrogen-bond acceptors (Lipinski definition) is 4. The molecule has 0 saturated carbocycles. The smallest absolute Gasteiger partial charge is 0.161 e. The molecule has 3 unspecified atom stereocenters. The molecule has 5 nitrogen and oxygen atoms in total. The number of aromatic nitrogens is 2. The average Bonchev–Trinajstić information content (AvgIpc) is 2.94. The van der Waals surface area contributed by atoms with Crippen LogP contribution in [0.3, 0.4) is 0 Å². The van der Waals surface area contributed by atoms with Gasteiger partial charge < -0.3 is 15.4 Å². The fourth-order valence-corrected chi connectivity index (χ4v) is 4.09. The van der Waals surface area contributed by atoms with E-state index in [1.54, 1.807) is 13.3 Å². The molecule has 0 radical (unpaired) electrons. The van der Waals surface area contributed by atoms with Crippen molar-refractivity contribution in [2.75, 3.05) is 14.2 Å².